The average molecular weight is 340 g/mol. The Bertz CT molecular complexity index is 707. The Morgan fingerprint density at radius 2 is 1.48 bits per heavy atom. The summed E-state index contributed by atoms with van der Waals surface area (Å²) >= 11 is 0. The van der Waals surface area contributed by atoms with E-state index in [1.807, 2.05) is 6.07 Å². The van der Waals surface area contributed by atoms with Gasteiger partial charge in [0.2, 0.25) is 0 Å². The van der Waals surface area contributed by atoms with Crippen molar-refractivity contribution in [2.24, 2.45) is 11.8 Å². The number of hydrogen-bond donors (Lipinski definition) is 0. The molecule has 2 heterocycles. The highest BCUT2D eigenvalue weighted by Crippen LogP contribution is 2.33. The van der Waals surface area contributed by atoms with Crippen molar-refractivity contribution in [3.63, 3.8) is 0 Å². The first kappa shape index (κ1) is 16.6. The number of likely N-dealkylation sites (tertiary alicyclic amines) is 2. The number of nitrogens with zero attached hydrogens (tertiary/aromatic N) is 2. The van der Waals surface area contributed by atoms with Crippen LogP contribution < -0.4 is 4.74 Å². The molecule has 2 fully saturated rings. The van der Waals surface area contributed by atoms with Crippen LogP contribution in [-0.4, -0.2) is 43.1 Å². The van der Waals surface area contributed by atoms with Crippen LogP contribution in [-0.2, 0) is 13.1 Å². The Hall–Kier alpha value is -1.91. The third-order valence-corrected chi connectivity index (χ3v) is 5.51. The summed E-state index contributed by atoms with van der Waals surface area (Å²) in [4.78, 5) is 5.05. The van der Waals surface area contributed by atoms with E-state index in [9.17, 15) is 4.39 Å². The summed E-state index contributed by atoms with van der Waals surface area (Å²) in [5.41, 5.74) is 2.42. The normalized spacial score (nSPS) is 23.8. The molecule has 2 unspecified atom stereocenters. The van der Waals surface area contributed by atoms with E-state index in [2.05, 4.69) is 40.1 Å². The lowest BCUT2D eigenvalue weighted by molar-refractivity contribution is 0.246. The third-order valence-electron chi connectivity index (χ3n) is 5.51. The van der Waals surface area contributed by atoms with Crippen LogP contribution in [0.1, 0.15) is 11.1 Å². The minimum absolute atomic E-state index is 0.270. The van der Waals surface area contributed by atoms with E-state index < -0.39 is 0 Å². The molecule has 2 aromatic rings. The molecule has 0 radical (unpaired) electrons. The van der Waals surface area contributed by atoms with Crippen LogP contribution in [0.3, 0.4) is 0 Å². The molecule has 2 aromatic carbocycles. The predicted octanol–water partition coefficient (Wildman–Crippen LogP) is 3.40. The number of hydrogen-bond acceptors (Lipinski definition) is 3. The van der Waals surface area contributed by atoms with Crippen molar-refractivity contribution in [1.29, 1.82) is 0 Å². The zero-order chi connectivity index (χ0) is 17.2. The molecular formula is C21H25FN2O. The van der Waals surface area contributed by atoms with Gasteiger partial charge in [-0.2, -0.15) is 0 Å². The van der Waals surface area contributed by atoms with Gasteiger partial charge < -0.3 is 4.74 Å². The summed E-state index contributed by atoms with van der Waals surface area (Å²) in [6.07, 6.45) is 0. The lowest BCUT2D eigenvalue weighted by atomic mass is 10.0. The smallest absolute Gasteiger partial charge is 0.165 e. The lowest BCUT2D eigenvalue weighted by Gasteiger charge is -2.21. The van der Waals surface area contributed by atoms with Crippen molar-refractivity contribution >= 4 is 0 Å². The maximum atomic E-state index is 13.9. The molecule has 0 amide bonds. The van der Waals surface area contributed by atoms with Crippen LogP contribution in [0, 0.1) is 17.7 Å². The van der Waals surface area contributed by atoms with E-state index in [0.29, 0.717) is 5.75 Å². The molecule has 3 nitrogen and oxygen atoms in total. The minimum Gasteiger partial charge on any atom is -0.494 e. The Morgan fingerprint density at radius 3 is 2.04 bits per heavy atom. The topological polar surface area (TPSA) is 15.7 Å². The van der Waals surface area contributed by atoms with Crippen molar-refractivity contribution in [3.8, 4) is 5.75 Å². The van der Waals surface area contributed by atoms with Gasteiger partial charge >= 0.3 is 0 Å². The summed E-state index contributed by atoms with van der Waals surface area (Å²) in [7, 11) is 1.50. The number of fused-ring (bicyclic) bond motifs is 1. The highest BCUT2D eigenvalue weighted by molar-refractivity contribution is 5.29. The molecule has 0 N–H and O–H groups in total. The van der Waals surface area contributed by atoms with E-state index in [1.54, 1.807) is 12.1 Å². The molecule has 4 heteroatoms. The highest BCUT2D eigenvalue weighted by Gasteiger charge is 2.39. The predicted molar refractivity (Wildman–Crippen MR) is 96.9 cm³/mol. The Balaban J connectivity index is 1.31. The number of halogens is 1. The van der Waals surface area contributed by atoms with Crippen LogP contribution in [0.5, 0.6) is 5.75 Å². The second-order valence-corrected chi connectivity index (χ2v) is 7.36. The molecular weight excluding hydrogens is 315 g/mol. The van der Waals surface area contributed by atoms with Gasteiger partial charge in [0, 0.05) is 39.3 Å². The van der Waals surface area contributed by atoms with Gasteiger partial charge in [0.25, 0.3) is 0 Å². The van der Waals surface area contributed by atoms with Crippen molar-refractivity contribution < 1.29 is 9.13 Å². The first-order chi connectivity index (χ1) is 12.2. The van der Waals surface area contributed by atoms with E-state index in [0.717, 1.165) is 43.6 Å². The first-order valence-corrected chi connectivity index (χ1v) is 9.02. The van der Waals surface area contributed by atoms with E-state index >= 15 is 0 Å². The van der Waals surface area contributed by atoms with Gasteiger partial charge in [-0.3, -0.25) is 9.80 Å². The van der Waals surface area contributed by atoms with Crippen LogP contribution in [0.2, 0.25) is 0 Å². The van der Waals surface area contributed by atoms with E-state index in [-0.39, 0.29) is 5.82 Å². The minimum atomic E-state index is -0.270. The molecule has 0 saturated carbocycles. The first-order valence-electron chi connectivity index (χ1n) is 9.02. The van der Waals surface area contributed by atoms with Crippen molar-refractivity contribution in [3.05, 3.63) is 65.5 Å². The number of ether oxygens (including phenoxy) is 1. The second-order valence-electron chi connectivity index (χ2n) is 7.36. The zero-order valence-electron chi connectivity index (χ0n) is 14.7. The monoisotopic (exact) mass is 340 g/mol. The van der Waals surface area contributed by atoms with Crippen molar-refractivity contribution in [2.75, 3.05) is 33.3 Å². The summed E-state index contributed by atoms with van der Waals surface area (Å²) in [6, 6.07) is 16.0. The standard InChI is InChI=1S/C21H25FN2O/c1-25-21-8-7-17(9-20(21)22)11-24-14-18-12-23(13-19(18)15-24)10-16-5-3-2-4-6-16/h2-9,18-19H,10-15H2,1H3. The summed E-state index contributed by atoms with van der Waals surface area (Å²) in [6.45, 7) is 6.46. The molecule has 2 aliphatic heterocycles. The largest absolute Gasteiger partial charge is 0.494 e. The van der Waals surface area contributed by atoms with Gasteiger partial charge in [0.1, 0.15) is 0 Å². The van der Waals surface area contributed by atoms with Gasteiger partial charge in [-0.05, 0) is 35.1 Å². The summed E-state index contributed by atoms with van der Waals surface area (Å²) in [5, 5.41) is 0. The van der Waals surface area contributed by atoms with E-state index in [4.69, 9.17) is 4.74 Å². The fourth-order valence-corrected chi connectivity index (χ4v) is 4.35. The lowest BCUT2D eigenvalue weighted by Crippen LogP contribution is -2.28. The molecule has 2 saturated heterocycles. The molecule has 0 aliphatic carbocycles. The number of rotatable bonds is 5. The number of methoxy groups -OCH3 is 1. The average Bonchev–Trinajstić information content (AvgIpc) is 3.13. The second kappa shape index (κ2) is 7.14. The van der Waals surface area contributed by atoms with Crippen molar-refractivity contribution in [1.82, 2.24) is 9.80 Å². The van der Waals surface area contributed by atoms with Gasteiger partial charge in [0.05, 0.1) is 7.11 Å². The third kappa shape index (κ3) is 3.70. The molecule has 25 heavy (non-hydrogen) atoms. The molecule has 0 aromatic heterocycles. The molecule has 0 spiro atoms. The van der Waals surface area contributed by atoms with Crippen LogP contribution in [0.25, 0.3) is 0 Å². The highest BCUT2D eigenvalue weighted by atomic mass is 19.1. The Labute approximate surface area is 149 Å². The zero-order valence-corrected chi connectivity index (χ0v) is 14.7. The van der Waals surface area contributed by atoms with Gasteiger partial charge in [-0.15, -0.1) is 0 Å². The van der Waals surface area contributed by atoms with Gasteiger partial charge in [0.15, 0.2) is 11.6 Å². The molecule has 2 aliphatic rings. The maximum absolute atomic E-state index is 13.9. The maximum Gasteiger partial charge on any atom is 0.165 e. The van der Waals surface area contributed by atoms with Crippen LogP contribution >= 0.6 is 0 Å². The Kier molecular flexibility index (Phi) is 4.73. The van der Waals surface area contributed by atoms with Crippen LogP contribution in [0.15, 0.2) is 48.5 Å². The van der Waals surface area contributed by atoms with E-state index in [1.165, 1.54) is 25.8 Å². The summed E-state index contributed by atoms with van der Waals surface area (Å²) < 4.78 is 18.9. The fourth-order valence-electron chi connectivity index (χ4n) is 4.35. The van der Waals surface area contributed by atoms with Crippen LogP contribution in [0.4, 0.5) is 4.39 Å². The SMILES string of the molecule is COc1ccc(CN2CC3CN(Cc4ccccc4)CC3C2)cc1F. The van der Waals surface area contributed by atoms with Gasteiger partial charge in [-0.1, -0.05) is 36.4 Å². The number of benzene rings is 2. The summed E-state index contributed by atoms with van der Waals surface area (Å²) in [5.74, 6) is 1.53. The molecule has 132 valence electrons. The van der Waals surface area contributed by atoms with Crippen molar-refractivity contribution in [2.45, 2.75) is 13.1 Å². The quantitative estimate of drug-likeness (QED) is 0.830. The fraction of sp³-hybridized carbons (Fsp3) is 0.429. The van der Waals surface area contributed by atoms with Gasteiger partial charge in [-0.25, -0.2) is 4.39 Å². The molecule has 2 atom stereocenters. The Morgan fingerprint density at radius 1 is 0.880 bits per heavy atom. The molecule has 4 rings (SSSR count). The molecule has 0 bridgehead atoms.